The molecule has 1 aliphatic carbocycles. The molecular weight excluding hydrogens is 174 g/mol. The zero-order chi connectivity index (χ0) is 10.0. The molecule has 1 aliphatic rings. The van der Waals surface area contributed by atoms with Crippen molar-refractivity contribution < 1.29 is 0 Å². The summed E-state index contributed by atoms with van der Waals surface area (Å²) < 4.78 is 0. The van der Waals surface area contributed by atoms with E-state index in [4.69, 9.17) is 0 Å². The molecule has 2 unspecified atom stereocenters. The summed E-state index contributed by atoms with van der Waals surface area (Å²) in [6, 6.07) is 2.44. The van der Waals surface area contributed by atoms with E-state index in [9.17, 15) is 5.26 Å². The number of nitriles is 1. The Labute approximate surface area is 83.8 Å². The molecule has 1 fully saturated rings. The van der Waals surface area contributed by atoms with E-state index >= 15 is 0 Å². The van der Waals surface area contributed by atoms with E-state index < -0.39 is 0 Å². The lowest BCUT2D eigenvalue weighted by molar-refractivity contribution is 0.419. The van der Waals surface area contributed by atoms with Crippen molar-refractivity contribution in [2.75, 3.05) is 0 Å². The Bertz CT molecular complexity index is 355. The minimum Gasteiger partial charge on any atom is -0.261 e. The minimum atomic E-state index is -0.381. The smallest absolute Gasteiger partial charge is 0.103 e. The fraction of sp³-hybridized carbons (Fsp3) is 0.545. The van der Waals surface area contributed by atoms with Crippen molar-refractivity contribution in [3.05, 3.63) is 24.3 Å². The summed E-state index contributed by atoms with van der Waals surface area (Å²) in [5, 5.41) is 9.32. The Morgan fingerprint density at radius 1 is 1.57 bits per heavy atom. The number of aromatic nitrogens is 2. The first-order valence-corrected chi connectivity index (χ1v) is 4.97. The summed E-state index contributed by atoms with van der Waals surface area (Å²) in [5.74, 6) is 0.393. The fourth-order valence-corrected chi connectivity index (χ4v) is 2.31. The van der Waals surface area contributed by atoms with Gasteiger partial charge in [-0.15, -0.1) is 0 Å². The van der Waals surface area contributed by atoms with Gasteiger partial charge < -0.3 is 0 Å². The van der Waals surface area contributed by atoms with Crippen LogP contribution in [0.1, 0.15) is 31.9 Å². The Kier molecular flexibility index (Phi) is 2.20. The van der Waals surface area contributed by atoms with Gasteiger partial charge >= 0.3 is 0 Å². The third kappa shape index (κ3) is 1.19. The van der Waals surface area contributed by atoms with E-state index in [1.165, 1.54) is 0 Å². The summed E-state index contributed by atoms with van der Waals surface area (Å²) in [6.07, 6.45) is 8.19. The van der Waals surface area contributed by atoms with Crippen molar-refractivity contribution in [3.8, 4) is 6.07 Å². The van der Waals surface area contributed by atoms with Crippen molar-refractivity contribution in [1.82, 2.24) is 9.97 Å². The van der Waals surface area contributed by atoms with Gasteiger partial charge in [0.1, 0.15) is 5.41 Å². The van der Waals surface area contributed by atoms with Crippen LogP contribution in [-0.4, -0.2) is 9.97 Å². The average molecular weight is 187 g/mol. The SMILES string of the molecule is CC1CCCC1(C#N)c1cnccn1. The standard InChI is InChI=1S/C11H13N3/c1-9-3-2-4-11(9,8-12)10-7-13-5-6-14-10/h5-7,9H,2-4H2,1H3. The predicted molar refractivity (Wildman–Crippen MR) is 52.3 cm³/mol. The number of hydrogen-bond acceptors (Lipinski definition) is 3. The van der Waals surface area contributed by atoms with Gasteiger partial charge in [0.05, 0.1) is 18.0 Å². The van der Waals surface area contributed by atoms with Crippen LogP contribution in [0.15, 0.2) is 18.6 Å². The van der Waals surface area contributed by atoms with Gasteiger partial charge in [0.25, 0.3) is 0 Å². The molecule has 0 amide bonds. The largest absolute Gasteiger partial charge is 0.261 e. The van der Waals surface area contributed by atoms with E-state index in [1.807, 2.05) is 0 Å². The lowest BCUT2D eigenvalue weighted by Gasteiger charge is -2.24. The first-order valence-electron chi connectivity index (χ1n) is 4.97. The van der Waals surface area contributed by atoms with Crippen LogP contribution < -0.4 is 0 Å². The second-order valence-corrected chi connectivity index (χ2v) is 3.97. The molecule has 1 heterocycles. The number of rotatable bonds is 1. The van der Waals surface area contributed by atoms with E-state index in [-0.39, 0.29) is 5.41 Å². The Hall–Kier alpha value is -1.43. The Morgan fingerprint density at radius 3 is 2.93 bits per heavy atom. The molecule has 0 bridgehead atoms. The molecular formula is C11H13N3. The quantitative estimate of drug-likeness (QED) is 0.676. The van der Waals surface area contributed by atoms with Crippen LogP contribution in [0.5, 0.6) is 0 Å². The highest BCUT2D eigenvalue weighted by Crippen LogP contribution is 2.43. The van der Waals surface area contributed by atoms with E-state index in [0.717, 1.165) is 25.0 Å². The Morgan fingerprint density at radius 2 is 2.43 bits per heavy atom. The molecule has 1 aromatic heterocycles. The van der Waals surface area contributed by atoms with Crippen LogP contribution >= 0.6 is 0 Å². The summed E-state index contributed by atoms with van der Waals surface area (Å²) in [4.78, 5) is 8.31. The van der Waals surface area contributed by atoms with Gasteiger partial charge in [-0.05, 0) is 18.8 Å². The summed E-state index contributed by atoms with van der Waals surface area (Å²) in [5.41, 5.74) is 0.460. The second kappa shape index (κ2) is 3.38. The predicted octanol–water partition coefficient (Wildman–Crippen LogP) is 2.06. The molecule has 1 aromatic rings. The highest BCUT2D eigenvalue weighted by atomic mass is 14.8. The topological polar surface area (TPSA) is 49.6 Å². The normalized spacial score (nSPS) is 31.3. The summed E-state index contributed by atoms with van der Waals surface area (Å²) in [7, 11) is 0. The van der Waals surface area contributed by atoms with Crippen LogP contribution in [-0.2, 0) is 5.41 Å². The molecule has 3 nitrogen and oxygen atoms in total. The van der Waals surface area contributed by atoms with E-state index in [2.05, 4.69) is 23.0 Å². The third-order valence-electron chi connectivity index (χ3n) is 3.27. The van der Waals surface area contributed by atoms with Gasteiger partial charge in [0.15, 0.2) is 0 Å². The van der Waals surface area contributed by atoms with Gasteiger partial charge in [-0.1, -0.05) is 13.3 Å². The van der Waals surface area contributed by atoms with Crippen molar-refractivity contribution in [2.45, 2.75) is 31.6 Å². The maximum absolute atomic E-state index is 9.32. The molecule has 2 atom stereocenters. The third-order valence-corrected chi connectivity index (χ3v) is 3.27. The lowest BCUT2D eigenvalue weighted by atomic mass is 9.77. The maximum Gasteiger partial charge on any atom is 0.103 e. The fourth-order valence-electron chi connectivity index (χ4n) is 2.31. The highest BCUT2D eigenvalue weighted by molar-refractivity contribution is 5.27. The van der Waals surface area contributed by atoms with Gasteiger partial charge in [-0.2, -0.15) is 5.26 Å². The molecule has 1 saturated carbocycles. The molecule has 14 heavy (non-hydrogen) atoms. The monoisotopic (exact) mass is 187 g/mol. The highest BCUT2D eigenvalue weighted by Gasteiger charge is 2.43. The molecule has 0 spiro atoms. The van der Waals surface area contributed by atoms with Crippen LogP contribution in [0.25, 0.3) is 0 Å². The molecule has 0 radical (unpaired) electrons. The van der Waals surface area contributed by atoms with Crippen LogP contribution in [0.4, 0.5) is 0 Å². The first-order chi connectivity index (χ1) is 6.79. The maximum atomic E-state index is 9.32. The van der Waals surface area contributed by atoms with Crippen LogP contribution in [0.3, 0.4) is 0 Å². The van der Waals surface area contributed by atoms with Gasteiger partial charge in [-0.25, -0.2) is 0 Å². The first kappa shape index (κ1) is 9.14. The van der Waals surface area contributed by atoms with Gasteiger partial charge in [0.2, 0.25) is 0 Å². The molecule has 0 aromatic carbocycles. The van der Waals surface area contributed by atoms with Gasteiger partial charge in [0, 0.05) is 12.4 Å². The molecule has 0 aliphatic heterocycles. The molecule has 0 saturated heterocycles. The summed E-state index contributed by atoms with van der Waals surface area (Å²) in [6.45, 7) is 2.13. The Balaban J connectivity index is 2.44. The molecule has 72 valence electrons. The average Bonchev–Trinajstić information content (AvgIpc) is 2.62. The van der Waals surface area contributed by atoms with Crippen molar-refractivity contribution >= 4 is 0 Å². The van der Waals surface area contributed by atoms with E-state index in [0.29, 0.717) is 5.92 Å². The summed E-state index contributed by atoms with van der Waals surface area (Å²) >= 11 is 0. The molecule has 0 N–H and O–H groups in total. The van der Waals surface area contributed by atoms with Crippen molar-refractivity contribution in [2.24, 2.45) is 5.92 Å². The van der Waals surface area contributed by atoms with E-state index in [1.54, 1.807) is 18.6 Å². The zero-order valence-electron chi connectivity index (χ0n) is 8.27. The van der Waals surface area contributed by atoms with Crippen molar-refractivity contribution in [1.29, 1.82) is 5.26 Å². The molecule has 3 heteroatoms. The van der Waals surface area contributed by atoms with Crippen molar-refractivity contribution in [3.63, 3.8) is 0 Å². The number of nitrogens with zero attached hydrogens (tertiary/aromatic N) is 3. The molecule has 2 rings (SSSR count). The minimum absolute atomic E-state index is 0.381. The van der Waals surface area contributed by atoms with Crippen LogP contribution in [0.2, 0.25) is 0 Å². The zero-order valence-corrected chi connectivity index (χ0v) is 8.27. The lowest BCUT2D eigenvalue weighted by Crippen LogP contribution is -2.28. The van der Waals surface area contributed by atoms with Gasteiger partial charge in [-0.3, -0.25) is 9.97 Å². The second-order valence-electron chi connectivity index (χ2n) is 3.97. The van der Waals surface area contributed by atoms with Crippen LogP contribution in [0, 0.1) is 17.2 Å². The number of hydrogen-bond donors (Lipinski definition) is 0.